The molecule has 0 saturated carbocycles. The molecule has 0 aliphatic rings. The molecule has 0 spiro atoms. The summed E-state index contributed by atoms with van der Waals surface area (Å²) < 4.78 is 60.9. The van der Waals surface area contributed by atoms with Crippen LogP contribution in [-0.4, -0.2) is 46.5 Å². The highest BCUT2D eigenvalue weighted by Gasteiger charge is 2.22. The first kappa shape index (κ1) is 35.7. The lowest BCUT2D eigenvalue weighted by Crippen LogP contribution is -2.11. The van der Waals surface area contributed by atoms with Crippen LogP contribution in [0.15, 0.2) is 88.7 Å². The van der Waals surface area contributed by atoms with Gasteiger partial charge in [-0.1, -0.05) is 59.1 Å². The molecule has 15 heteroatoms. The van der Waals surface area contributed by atoms with E-state index in [0.29, 0.717) is 27.8 Å². The van der Waals surface area contributed by atoms with Crippen molar-refractivity contribution >= 4 is 49.0 Å². The molecule has 238 valence electrons. The molecular formula is C30H31ClN4O7S3. The lowest BCUT2D eigenvalue weighted by Gasteiger charge is -2.09. The summed E-state index contributed by atoms with van der Waals surface area (Å²) in [6, 6.07) is 20.9. The number of nitrogens with zero attached hydrogens (tertiary/aromatic N) is 3. The van der Waals surface area contributed by atoms with Gasteiger partial charge in [-0.3, -0.25) is 18.5 Å². The second-order valence-electron chi connectivity index (χ2n) is 9.66. The lowest BCUT2D eigenvalue weighted by molar-refractivity contribution is 0.103. The molecule has 0 unspecified atom stereocenters. The number of benzene rings is 3. The van der Waals surface area contributed by atoms with Crippen LogP contribution in [0.4, 0.5) is 0 Å². The van der Waals surface area contributed by atoms with Gasteiger partial charge in [-0.15, -0.1) is 21.5 Å². The Morgan fingerprint density at radius 3 is 1.73 bits per heavy atom. The Morgan fingerprint density at radius 1 is 0.800 bits per heavy atom. The molecule has 5 aromatic rings. The second-order valence-corrected chi connectivity index (χ2v) is 14.1. The van der Waals surface area contributed by atoms with Crippen molar-refractivity contribution in [3.05, 3.63) is 123 Å². The van der Waals surface area contributed by atoms with Crippen molar-refractivity contribution in [1.29, 1.82) is 0 Å². The van der Waals surface area contributed by atoms with E-state index in [-0.39, 0.29) is 22.1 Å². The molecule has 0 radical (unpaired) electrons. The van der Waals surface area contributed by atoms with E-state index in [1.807, 2.05) is 38.3 Å². The number of hydrogen-bond acceptors (Lipinski definition) is 9. The number of hydrogen-bond donors (Lipinski definition) is 3. The standard InChI is InChI=1S/C16H15ClN4OS.2C7H8O3S/c1-9-7-12(15(22)11-5-3-4-6-13(11)17)16(23-9)21-10(2)19-20-14(21)8-18;2*1-6-2-4-7(5-3-6)11(8,9)10/h3-7H,8,18H2,1-2H3;2*2-5H,1H3,(H,8,9,10). The second kappa shape index (κ2) is 15.0. The number of ketones is 1. The highest BCUT2D eigenvalue weighted by molar-refractivity contribution is 7.86. The van der Waals surface area contributed by atoms with E-state index in [4.69, 9.17) is 26.4 Å². The zero-order valence-corrected chi connectivity index (χ0v) is 27.9. The van der Waals surface area contributed by atoms with Crippen molar-refractivity contribution in [2.75, 3.05) is 0 Å². The number of aromatic nitrogens is 3. The highest BCUT2D eigenvalue weighted by Crippen LogP contribution is 2.31. The molecule has 45 heavy (non-hydrogen) atoms. The van der Waals surface area contributed by atoms with Gasteiger partial charge < -0.3 is 5.73 Å². The van der Waals surface area contributed by atoms with E-state index < -0.39 is 20.2 Å². The summed E-state index contributed by atoms with van der Waals surface area (Å²) in [5.41, 5.74) is 8.72. The number of rotatable bonds is 6. The fourth-order valence-corrected chi connectivity index (χ4v) is 6.10. The number of thiophene rings is 1. The number of halogens is 1. The Morgan fingerprint density at radius 2 is 1.29 bits per heavy atom. The third-order valence-electron chi connectivity index (χ3n) is 6.11. The quantitative estimate of drug-likeness (QED) is 0.146. The molecule has 0 saturated heterocycles. The number of nitrogens with two attached hydrogens (primary N) is 1. The molecule has 0 fully saturated rings. The summed E-state index contributed by atoms with van der Waals surface area (Å²) in [5, 5.41) is 9.34. The first-order valence-corrected chi connectivity index (χ1v) is 17.2. The molecular weight excluding hydrogens is 660 g/mol. The van der Waals surface area contributed by atoms with Crippen molar-refractivity contribution in [2.45, 2.75) is 44.0 Å². The van der Waals surface area contributed by atoms with Crippen molar-refractivity contribution in [1.82, 2.24) is 14.8 Å². The summed E-state index contributed by atoms with van der Waals surface area (Å²) in [7, 11) is -8.04. The van der Waals surface area contributed by atoms with Crippen LogP contribution < -0.4 is 5.73 Å². The highest BCUT2D eigenvalue weighted by atomic mass is 35.5. The first-order chi connectivity index (χ1) is 21.0. The third kappa shape index (κ3) is 9.61. The average Bonchev–Trinajstić information content (AvgIpc) is 3.54. The molecule has 0 bridgehead atoms. The fourth-order valence-electron chi connectivity index (χ4n) is 3.84. The number of carbonyl (C=O) groups is 1. The van der Waals surface area contributed by atoms with Gasteiger partial charge in [-0.25, -0.2) is 0 Å². The zero-order chi connectivity index (χ0) is 33.5. The Hall–Kier alpha value is -3.76. The Bertz CT molecular complexity index is 1930. The van der Waals surface area contributed by atoms with Crippen LogP contribution >= 0.6 is 22.9 Å². The van der Waals surface area contributed by atoms with Gasteiger partial charge in [0.2, 0.25) is 0 Å². The minimum atomic E-state index is -4.02. The molecule has 5 rings (SSSR count). The summed E-state index contributed by atoms with van der Waals surface area (Å²) >= 11 is 7.68. The summed E-state index contributed by atoms with van der Waals surface area (Å²) in [6.07, 6.45) is 0. The van der Waals surface area contributed by atoms with Crippen LogP contribution in [-0.2, 0) is 26.8 Å². The van der Waals surface area contributed by atoms with E-state index in [1.54, 1.807) is 48.5 Å². The van der Waals surface area contributed by atoms with Gasteiger partial charge in [0.25, 0.3) is 20.2 Å². The Balaban J connectivity index is 0.000000210. The van der Waals surface area contributed by atoms with Crippen LogP contribution in [0.3, 0.4) is 0 Å². The molecule has 0 aliphatic carbocycles. The van der Waals surface area contributed by atoms with Gasteiger partial charge in [-0.05, 0) is 70.2 Å². The van der Waals surface area contributed by atoms with E-state index in [1.165, 1.54) is 35.6 Å². The van der Waals surface area contributed by atoms with Gasteiger partial charge in [0.15, 0.2) is 11.6 Å². The molecule has 0 aliphatic heterocycles. The van der Waals surface area contributed by atoms with E-state index >= 15 is 0 Å². The molecule has 4 N–H and O–H groups in total. The summed E-state index contributed by atoms with van der Waals surface area (Å²) in [5.74, 6) is 1.20. The minimum absolute atomic E-state index is 0.0666. The maximum Gasteiger partial charge on any atom is 0.294 e. The maximum absolute atomic E-state index is 12.9. The van der Waals surface area contributed by atoms with Crippen molar-refractivity contribution < 1.29 is 30.7 Å². The molecule has 2 aromatic heterocycles. The van der Waals surface area contributed by atoms with Crippen LogP contribution in [0.2, 0.25) is 5.02 Å². The van der Waals surface area contributed by atoms with Gasteiger partial charge in [0.05, 0.1) is 26.9 Å². The van der Waals surface area contributed by atoms with Crippen LogP contribution in [0.5, 0.6) is 0 Å². The lowest BCUT2D eigenvalue weighted by atomic mass is 10.0. The topological polar surface area (TPSA) is 183 Å². The average molecular weight is 691 g/mol. The summed E-state index contributed by atoms with van der Waals surface area (Å²) in [4.78, 5) is 13.8. The van der Waals surface area contributed by atoms with Crippen molar-refractivity contribution in [3.63, 3.8) is 0 Å². The van der Waals surface area contributed by atoms with Gasteiger partial charge >= 0.3 is 0 Å². The molecule has 0 atom stereocenters. The Kier molecular flexibility index (Phi) is 11.9. The SMILES string of the molecule is Cc1cc(C(=O)c2ccccc2Cl)c(-n2c(C)nnc2CN)s1.Cc1ccc(S(=O)(=O)O)cc1.Cc1ccc(S(=O)(=O)O)cc1. The fraction of sp³-hybridized carbons (Fsp3) is 0.167. The van der Waals surface area contributed by atoms with Crippen LogP contribution in [0, 0.1) is 27.7 Å². The largest absolute Gasteiger partial charge is 0.324 e. The first-order valence-electron chi connectivity index (χ1n) is 13.1. The van der Waals surface area contributed by atoms with E-state index in [0.717, 1.165) is 21.0 Å². The third-order valence-corrected chi connectivity index (χ3v) is 9.22. The van der Waals surface area contributed by atoms with Gasteiger partial charge in [-0.2, -0.15) is 16.8 Å². The molecule has 2 heterocycles. The number of aryl methyl sites for hydroxylation is 4. The number of carbonyl (C=O) groups excluding carboxylic acids is 1. The van der Waals surface area contributed by atoms with Crippen LogP contribution in [0.25, 0.3) is 5.00 Å². The van der Waals surface area contributed by atoms with E-state index in [9.17, 15) is 21.6 Å². The zero-order valence-electron chi connectivity index (χ0n) is 24.7. The summed E-state index contributed by atoms with van der Waals surface area (Å²) in [6.45, 7) is 7.73. The molecule has 3 aromatic carbocycles. The van der Waals surface area contributed by atoms with Crippen molar-refractivity contribution in [2.24, 2.45) is 5.73 Å². The normalized spacial score (nSPS) is 11.2. The predicted molar refractivity (Wildman–Crippen MR) is 173 cm³/mol. The monoisotopic (exact) mass is 690 g/mol. The maximum atomic E-state index is 12.9. The molecule has 11 nitrogen and oxygen atoms in total. The van der Waals surface area contributed by atoms with Crippen molar-refractivity contribution in [3.8, 4) is 5.00 Å². The minimum Gasteiger partial charge on any atom is -0.324 e. The predicted octanol–water partition coefficient (Wildman–Crippen LogP) is 5.77. The van der Waals surface area contributed by atoms with Gasteiger partial charge in [0, 0.05) is 10.4 Å². The smallest absolute Gasteiger partial charge is 0.294 e. The molecule has 0 amide bonds. The van der Waals surface area contributed by atoms with Gasteiger partial charge in [0.1, 0.15) is 10.8 Å². The van der Waals surface area contributed by atoms with E-state index in [2.05, 4.69) is 10.2 Å². The Labute approximate surface area is 270 Å². The van der Waals surface area contributed by atoms with Crippen LogP contribution in [0.1, 0.15) is 43.6 Å².